The summed E-state index contributed by atoms with van der Waals surface area (Å²) >= 11 is 1.62. The Kier molecular flexibility index (Phi) is 5.02. The van der Waals surface area contributed by atoms with Crippen LogP contribution >= 0.6 is 11.8 Å². The number of anilines is 1. The normalized spacial score (nSPS) is 16.4. The van der Waals surface area contributed by atoms with Crippen LogP contribution in [0.2, 0.25) is 0 Å². The third-order valence-corrected chi connectivity index (χ3v) is 4.51. The minimum Gasteiger partial charge on any atom is -0.477 e. The van der Waals surface area contributed by atoms with Gasteiger partial charge in [0.1, 0.15) is 5.75 Å². The van der Waals surface area contributed by atoms with E-state index in [1.165, 1.54) is 0 Å². The summed E-state index contributed by atoms with van der Waals surface area (Å²) in [5.74, 6) is 1.46. The number of rotatable bonds is 5. The van der Waals surface area contributed by atoms with Crippen LogP contribution in [0, 0.1) is 0 Å². The number of likely N-dealkylation sites (N-methyl/N-ethyl adjacent to an activating group) is 1. The smallest absolute Gasteiger partial charge is 0.262 e. The quantitative estimate of drug-likeness (QED) is 0.673. The lowest BCUT2D eigenvalue weighted by atomic mass is 10.2. The number of aromatic nitrogens is 1. The van der Waals surface area contributed by atoms with Crippen molar-refractivity contribution in [1.82, 2.24) is 10.3 Å². The van der Waals surface area contributed by atoms with Crippen molar-refractivity contribution in [2.75, 3.05) is 30.8 Å². The van der Waals surface area contributed by atoms with E-state index >= 15 is 0 Å². The van der Waals surface area contributed by atoms with E-state index in [1.807, 2.05) is 54.4 Å². The monoisotopic (exact) mass is 329 g/mol. The largest absolute Gasteiger partial charge is 0.477 e. The van der Waals surface area contributed by atoms with Crippen molar-refractivity contribution in [3.8, 4) is 5.75 Å². The van der Waals surface area contributed by atoms with Gasteiger partial charge in [0.25, 0.3) is 5.91 Å². The molecule has 2 aromatic rings. The molecule has 0 fully saturated rings. The molecule has 1 unspecified atom stereocenters. The Morgan fingerprint density at radius 3 is 3.00 bits per heavy atom. The number of carbonyl (C=O) groups excluding carboxylic acids is 1. The number of amides is 1. The fraction of sp³-hybridized carbons (Fsp3) is 0.294. The highest BCUT2D eigenvalue weighted by Crippen LogP contribution is 2.31. The molecule has 1 amide bonds. The number of hydrogen-bond donors (Lipinski definition) is 1. The zero-order chi connectivity index (χ0) is 16.1. The lowest BCUT2D eigenvalue weighted by Crippen LogP contribution is -2.48. The molecule has 6 heteroatoms. The van der Waals surface area contributed by atoms with Crippen molar-refractivity contribution in [2.45, 2.75) is 11.1 Å². The zero-order valence-corrected chi connectivity index (χ0v) is 13.8. The Morgan fingerprint density at radius 1 is 1.35 bits per heavy atom. The number of pyridine rings is 1. The van der Waals surface area contributed by atoms with E-state index in [0.29, 0.717) is 13.1 Å². The molecule has 120 valence electrons. The molecule has 1 N–H and O–H groups in total. The summed E-state index contributed by atoms with van der Waals surface area (Å²) in [5, 5.41) is 3.90. The topological polar surface area (TPSA) is 54.5 Å². The third-order valence-electron chi connectivity index (χ3n) is 3.57. The number of fused-ring (bicyclic) bond motifs is 1. The summed E-state index contributed by atoms with van der Waals surface area (Å²) < 4.78 is 5.81. The van der Waals surface area contributed by atoms with Gasteiger partial charge in [-0.1, -0.05) is 18.2 Å². The van der Waals surface area contributed by atoms with Gasteiger partial charge in [0.2, 0.25) is 0 Å². The highest BCUT2D eigenvalue weighted by Gasteiger charge is 2.28. The predicted molar refractivity (Wildman–Crippen MR) is 92.1 cm³/mol. The van der Waals surface area contributed by atoms with Crippen molar-refractivity contribution in [3.05, 3.63) is 48.7 Å². The molecular formula is C17H19N3O2S. The lowest BCUT2D eigenvalue weighted by Gasteiger charge is -2.32. The average molecular weight is 329 g/mol. The molecule has 0 saturated carbocycles. The number of benzene rings is 1. The second-order valence-corrected chi connectivity index (χ2v) is 6.38. The number of nitrogens with one attached hydrogen (secondary N) is 1. The van der Waals surface area contributed by atoms with E-state index in [2.05, 4.69) is 10.3 Å². The van der Waals surface area contributed by atoms with Crippen molar-refractivity contribution in [2.24, 2.45) is 0 Å². The van der Waals surface area contributed by atoms with E-state index in [0.717, 1.165) is 22.2 Å². The van der Waals surface area contributed by atoms with Gasteiger partial charge in [-0.3, -0.25) is 4.79 Å². The van der Waals surface area contributed by atoms with Crippen LogP contribution in [0.1, 0.15) is 0 Å². The first kappa shape index (κ1) is 15.7. The van der Waals surface area contributed by atoms with Gasteiger partial charge in [0.15, 0.2) is 6.10 Å². The van der Waals surface area contributed by atoms with Crippen LogP contribution < -0.4 is 15.0 Å². The first-order valence-electron chi connectivity index (χ1n) is 7.52. The summed E-state index contributed by atoms with van der Waals surface area (Å²) in [6.07, 6.45) is 1.29. The van der Waals surface area contributed by atoms with Gasteiger partial charge in [-0.2, -0.15) is 0 Å². The van der Waals surface area contributed by atoms with Crippen LogP contribution in [0.3, 0.4) is 0 Å². The first-order chi connectivity index (χ1) is 11.2. The second kappa shape index (κ2) is 7.37. The maximum atomic E-state index is 12.3. The highest BCUT2D eigenvalue weighted by atomic mass is 32.2. The molecule has 0 aliphatic carbocycles. The minimum atomic E-state index is -0.477. The van der Waals surface area contributed by atoms with Gasteiger partial charge in [-0.05, 0) is 24.3 Å². The summed E-state index contributed by atoms with van der Waals surface area (Å²) in [6, 6.07) is 13.6. The molecule has 23 heavy (non-hydrogen) atoms. The summed E-state index contributed by atoms with van der Waals surface area (Å²) in [7, 11) is 1.97. The van der Waals surface area contributed by atoms with E-state index in [9.17, 15) is 4.79 Å². The Balaban J connectivity index is 1.48. The standard InChI is InChI=1S/C17H19N3O2S/c1-20-12-15(22-14-7-3-2-6-13(14)20)17(21)19-10-11-23-16-8-4-5-9-18-16/h2-9,15H,10-12H2,1H3,(H,19,21). The van der Waals surface area contributed by atoms with E-state index in [4.69, 9.17) is 4.74 Å². The molecule has 1 aromatic heterocycles. The number of ether oxygens (including phenoxy) is 1. The zero-order valence-electron chi connectivity index (χ0n) is 12.9. The lowest BCUT2D eigenvalue weighted by molar-refractivity contribution is -0.127. The minimum absolute atomic E-state index is 0.0760. The molecule has 1 aliphatic heterocycles. The van der Waals surface area contributed by atoms with Crippen molar-refractivity contribution < 1.29 is 9.53 Å². The van der Waals surface area contributed by atoms with Crippen LogP contribution in [0.5, 0.6) is 5.75 Å². The fourth-order valence-electron chi connectivity index (χ4n) is 2.42. The Hall–Kier alpha value is -2.21. The molecule has 0 radical (unpaired) electrons. The molecule has 1 aromatic carbocycles. The van der Waals surface area contributed by atoms with Crippen LogP contribution in [0.4, 0.5) is 5.69 Å². The number of carbonyl (C=O) groups is 1. The van der Waals surface area contributed by atoms with Gasteiger partial charge in [0, 0.05) is 25.5 Å². The Morgan fingerprint density at radius 2 is 2.17 bits per heavy atom. The van der Waals surface area contributed by atoms with Gasteiger partial charge < -0.3 is 15.0 Å². The van der Waals surface area contributed by atoms with E-state index in [-0.39, 0.29) is 5.91 Å². The highest BCUT2D eigenvalue weighted by molar-refractivity contribution is 7.99. The van der Waals surface area contributed by atoms with Crippen LogP contribution in [0.15, 0.2) is 53.7 Å². The van der Waals surface area contributed by atoms with Crippen LogP contribution in [-0.4, -0.2) is 42.9 Å². The second-order valence-electron chi connectivity index (χ2n) is 5.26. The molecule has 5 nitrogen and oxygen atoms in total. The Labute approximate surface area is 140 Å². The van der Waals surface area contributed by atoms with Gasteiger partial charge in [-0.25, -0.2) is 4.98 Å². The number of para-hydroxylation sites is 2. The van der Waals surface area contributed by atoms with Crippen molar-refractivity contribution in [1.29, 1.82) is 0 Å². The Bertz CT molecular complexity index is 666. The average Bonchev–Trinajstić information content (AvgIpc) is 2.59. The van der Waals surface area contributed by atoms with Crippen LogP contribution in [-0.2, 0) is 4.79 Å². The van der Waals surface area contributed by atoms with E-state index < -0.39 is 6.10 Å². The predicted octanol–water partition coefficient (Wildman–Crippen LogP) is 2.19. The molecule has 2 heterocycles. The van der Waals surface area contributed by atoms with Crippen LogP contribution in [0.25, 0.3) is 0 Å². The maximum Gasteiger partial charge on any atom is 0.262 e. The first-order valence-corrected chi connectivity index (χ1v) is 8.51. The molecule has 0 bridgehead atoms. The number of thioether (sulfide) groups is 1. The van der Waals surface area contributed by atoms with Gasteiger partial charge in [0.05, 0.1) is 17.3 Å². The molecule has 3 rings (SSSR count). The number of hydrogen-bond acceptors (Lipinski definition) is 5. The molecule has 1 atom stereocenters. The van der Waals surface area contributed by atoms with Crippen molar-refractivity contribution in [3.63, 3.8) is 0 Å². The summed E-state index contributed by atoms with van der Waals surface area (Å²) in [6.45, 7) is 1.14. The SMILES string of the molecule is CN1CC(C(=O)NCCSc2ccccn2)Oc2ccccc21. The van der Waals surface area contributed by atoms with Crippen molar-refractivity contribution >= 4 is 23.4 Å². The number of nitrogens with zero attached hydrogens (tertiary/aromatic N) is 2. The van der Waals surface area contributed by atoms with Gasteiger partial charge in [-0.15, -0.1) is 11.8 Å². The van der Waals surface area contributed by atoms with Gasteiger partial charge >= 0.3 is 0 Å². The van der Waals surface area contributed by atoms with E-state index in [1.54, 1.807) is 18.0 Å². The molecular weight excluding hydrogens is 310 g/mol. The molecule has 1 aliphatic rings. The molecule has 0 spiro atoms. The summed E-state index contributed by atoms with van der Waals surface area (Å²) in [4.78, 5) is 18.6. The summed E-state index contributed by atoms with van der Waals surface area (Å²) in [5.41, 5.74) is 1.02. The molecule has 0 saturated heterocycles. The third kappa shape index (κ3) is 3.96. The maximum absolute atomic E-state index is 12.3. The fourth-order valence-corrected chi connectivity index (χ4v) is 3.15.